The molecule has 0 saturated carbocycles. The van der Waals surface area contributed by atoms with Gasteiger partial charge in [0.25, 0.3) is 0 Å². The highest BCUT2D eigenvalue weighted by Gasteiger charge is 2.32. The molecule has 1 heterocycles. The van der Waals surface area contributed by atoms with Crippen LogP contribution in [0.3, 0.4) is 0 Å². The van der Waals surface area contributed by atoms with Gasteiger partial charge in [-0.1, -0.05) is 0 Å². The van der Waals surface area contributed by atoms with E-state index in [1.165, 1.54) is 37.3 Å². The van der Waals surface area contributed by atoms with E-state index in [0.29, 0.717) is 23.6 Å². The van der Waals surface area contributed by atoms with Gasteiger partial charge in [0.05, 0.1) is 5.56 Å². The lowest BCUT2D eigenvalue weighted by molar-refractivity contribution is -0.137. The minimum atomic E-state index is -4.74. The van der Waals surface area contributed by atoms with Crippen LogP contribution < -0.4 is 21.1 Å². The number of nitrogens with zero attached hydrogens (tertiary/aromatic N) is 5. The standard InChI is InChI=1S/C20H15F3N8O3/c1-10-14(18(24)32)6-11(20(21,22)23)7-15(10)29-19(33)28-12-2-4-13(5-3-12)34-17-8-16(30-31-25)26-9-27-17/h2-9H,1H3,(H2,24,32)(H2,28,29,33). The van der Waals surface area contributed by atoms with Gasteiger partial charge >= 0.3 is 12.2 Å². The Kier molecular flexibility index (Phi) is 6.83. The summed E-state index contributed by atoms with van der Waals surface area (Å²) in [6.45, 7) is 1.36. The van der Waals surface area contributed by atoms with Gasteiger partial charge in [0.2, 0.25) is 11.8 Å². The number of aromatic nitrogens is 2. The van der Waals surface area contributed by atoms with Crippen molar-refractivity contribution < 1.29 is 27.5 Å². The summed E-state index contributed by atoms with van der Waals surface area (Å²) in [5.41, 5.74) is 12.3. The molecule has 1 aromatic heterocycles. The number of hydrogen-bond acceptors (Lipinski definition) is 6. The number of primary amides is 1. The lowest BCUT2D eigenvalue weighted by Gasteiger charge is -2.16. The predicted molar refractivity (Wildman–Crippen MR) is 115 cm³/mol. The molecule has 0 spiro atoms. The highest BCUT2D eigenvalue weighted by atomic mass is 19.4. The zero-order chi connectivity index (χ0) is 24.9. The average Bonchev–Trinajstić information content (AvgIpc) is 2.76. The molecular weight excluding hydrogens is 457 g/mol. The van der Waals surface area contributed by atoms with Gasteiger partial charge in [-0.25, -0.2) is 14.8 Å². The maximum Gasteiger partial charge on any atom is 0.416 e. The lowest BCUT2D eigenvalue weighted by atomic mass is 10.0. The van der Waals surface area contributed by atoms with E-state index in [9.17, 15) is 22.8 Å². The van der Waals surface area contributed by atoms with Crippen LogP contribution >= 0.6 is 0 Å². The van der Waals surface area contributed by atoms with Crippen molar-refractivity contribution in [3.8, 4) is 11.6 Å². The van der Waals surface area contributed by atoms with Crippen LogP contribution in [-0.4, -0.2) is 21.9 Å². The average molecular weight is 472 g/mol. The summed E-state index contributed by atoms with van der Waals surface area (Å²) in [5.74, 6) is -0.554. The zero-order valence-electron chi connectivity index (χ0n) is 17.3. The first-order valence-electron chi connectivity index (χ1n) is 9.31. The number of urea groups is 1. The molecule has 0 fully saturated rings. The maximum atomic E-state index is 13.2. The van der Waals surface area contributed by atoms with Crippen molar-refractivity contribution in [1.29, 1.82) is 0 Å². The molecule has 34 heavy (non-hydrogen) atoms. The van der Waals surface area contributed by atoms with E-state index >= 15 is 0 Å². The Morgan fingerprint density at radius 1 is 1.12 bits per heavy atom. The minimum Gasteiger partial charge on any atom is -0.439 e. The molecule has 0 aliphatic rings. The SMILES string of the molecule is Cc1c(NC(=O)Nc2ccc(Oc3cc(N=[N+]=[N-])ncn3)cc2)cc(C(F)(F)F)cc1C(N)=O. The largest absolute Gasteiger partial charge is 0.439 e. The fourth-order valence-corrected chi connectivity index (χ4v) is 2.76. The predicted octanol–water partition coefficient (Wildman–Crippen LogP) is 5.28. The van der Waals surface area contributed by atoms with Crippen molar-refractivity contribution in [2.75, 3.05) is 10.6 Å². The monoisotopic (exact) mass is 472 g/mol. The van der Waals surface area contributed by atoms with Crippen LogP contribution in [0.15, 0.2) is 53.9 Å². The number of carbonyl (C=O) groups is 2. The normalized spacial score (nSPS) is 10.7. The van der Waals surface area contributed by atoms with Crippen LogP contribution in [0.25, 0.3) is 10.4 Å². The van der Waals surface area contributed by atoms with Gasteiger partial charge < -0.3 is 21.1 Å². The smallest absolute Gasteiger partial charge is 0.416 e. The van der Waals surface area contributed by atoms with Crippen molar-refractivity contribution in [2.24, 2.45) is 10.8 Å². The Bertz CT molecular complexity index is 1290. The summed E-state index contributed by atoms with van der Waals surface area (Å²) in [6, 6.07) is 7.74. The third kappa shape index (κ3) is 5.89. The number of carbonyl (C=O) groups excluding carboxylic acids is 2. The van der Waals surface area contributed by atoms with Crippen molar-refractivity contribution >= 4 is 29.1 Å². The Morgan fingerprint density at radius 2 is 1.82 bits per heavy atom. The van der Waals surface area contributed by atoms with Gasteiger partial charge in [-0.3, -0.25) is 4.79 Å². The second-order valence-corrected chi connectivity index (χ2v) is 6.67. The quantitative estimate of drug-likeness (QED) is 0.251. The summed E-state index contributed by atoms with van der Waals surface area (Å²) < 4.78 is 45.0. The summed E-state index contributed by atoms with van der Waals surface area (Å²) in [6.07, 6.45) is -3.59. The van der Waals surface area contributed by atoms with Crippen LogP contribution in [0.4, 0.5) is 35.2 Å². The van der Waals surface area contributed by atoms with E-state index in [4.69, 9.17) is 16.0 Å². The molecule has 0 aliphatic carbocycles. The summed E-state index contributed by atoms with van der Waals surface area (Å²) >= 11 is 0. The number of ether oxygens (including phenoxy) is 1. The highest BCUT2D eigenvalue weighted by molar-refractivity contribution is 6.02. The molecule has 3 rings (SSSR count). The molecule has 0 unspecified atom stereocenters. The van der Waals surface area contributed by atoms with E-state index in [-0.39, 0.29) is 28.5 Å². The van der Waals surface area contributed by atoms with Gasteiger partial charge in [-0.05, 0) is 59.5 Å². The molecule has 14 heteroatoms. The number of benzene rings is 2. The molecule has 0 saturated heterocycles. The number of halogens is 3. The lowest BCUT2D eigenvalue weighted by Crippen LogP contribution is -2.22. The van der Waals surface area contributed by atoms with E-state index in [1.807, 2.05) is 0 Å². The first kappa shape index (κ1) is 23.8. The van der Waals surface area contributed by atoms with Crippen molar-refractivity contribution in [2.45, 2.75) is 13.1 Å². The Balaban J connectivity index is 1.72. The molecule has 3 amide bonds. The Labute approximate surface area is 189 Å². The van der Waals surface area contributed by atoms with Gasteiger partial charge in [0.1, 0.15) is 17.9 Å². The first-order chi connectivity index (χ1) is 16.1. The molecule has 2 aromatic carbocycles. The minimum absolute atomic E-state index is 0.0619. The molecule has 0 radical (unpaired) electrons. The van der Waals surface area contributed by atoms with Crippen molar-refractivity contribution in [1.82, 2.24) is 9.97 Å². The fourth-order valence-electron chi connectivity index (χ4n) is 2.76. The van der Waals surface area contributed by atoms with Crippen LogP contribution in [0.1, 0.15) is 21.5 Å². The molecule has 11 nitrogen and oxygen atoms in total. The van der Waals surface area contributed by atoms with Crippen LogP contribution in [-0.2, 0) is 6.18 Å². The number of azide groups is 1. The van der Waals surface area contributed by atoms with Gasteiger partial charge in [0, 0.05) is 27.9 Å². The molecule has 0 atom stereocenters. The number of anilines is 2. The van der Waals surface area contributed by atoms with E-state index < -0.39 is 23.7 Å². The molecule has 0 aliphatic heterocycles. The van der Waals surface area contributed by atoms with Crippen molar-refractivity contribution in [3.63, 3.8) is 0 Å². The third-order valence-electron chi connectivity index (χ3n) is 4.36. The van der Waals surface area contributed by atoms with E-state index in [0.717, 1.165) is 6.33 Å². The Hall–Kier alpha value is -4.84. The van der Waals surface area contributed by atoms with E-state index in [1.54, 1.807) is 0 Å². The number of nitrogens with two attached hydrogens (primary N) is 1. The summed E-state index contributed by atoms with van der Waals surface area (Å²) in [7, 11) is 0. The van der Waals surface area contributed by atoms with E-state index in [2.05, 4.69) is 30.6 Å². The topological polar surface area (TPSA) is 168 Å². The second-order valence-electron chi connectivity index (χ2n) is 6.67. The number of hydrogen-bond donors (Lipinski definition) is 3. The first-order valence-corrected chi connectivity index (χ1v) is 9.31. The number of alkyl halides is 3. The summed E-state index contributed by atoms with van der Waals surface area (Å²) in [4.78, 5) is 34.1. The molecule has 3 aromatic rings. The number of amides is 3. The highest BCUT2D eigenvalue weighted by Crippen LogP contribution is 2.34. The Morgan fingerprint density at radius 3 is 2.44 bits per heavy atom. The fraction of sp³-hybridized carbons (Fsp3) is 0.100. The molecular formula is C20H15F3N8O3. The van der Waals surface area contributed by atoms with Gasteiger partial charge in [-0.2, -0.15) is 13.2 Å². The molecule has 0 bridgehead atoms. The van der Waals surface area contributed by atoms with Crippen LogP contribution in [0.5, 0.6) is 11.6 Å². The molecule has 174 valence electrons. The second kappa shape index (κ2) is 9.75. The number of rotatable bonds is 6. The van der Waals surface area contributed by atoms with Crippen LogP contribution in [0, 0.1) is 6.92 Å². The number of nitrogens with one attached hydrogen (secondary N) is 2. The van der Waals surface area contributed by atoms with Gasteiger partial charge in [0.15, 0.2) is 0 Å². The van der Waals surface area contributed by atoms with Crippen LogP contribution in [0.2, 0.25) is 0 Å². The maximum absolute atomic E-state index is 13.2. The van der Waals surface area contributed by atoms with Crippen molar-refractivity contribution in [3.05, 3.63) is 75.9 Å². The third-order valence-corrected chi connectivity index (χ3v) is 4.36. The van der Waals surface area contributed by atoms with Gasteiger partial charge in [-0.15, -0.1) is 0 Å². The zero-order valence-corrected chi connectivity index (χ0v) is 17.3. The summed E-state index contributed by atoms with van der Waals surface area (Å²) in [5, 5.41) is 8.09. The molecule has 4 N–H and O–H groups in total.